The van der Waals surface area contributed by atoms with Crippen LogP contribution in [-0.4, -0.2) is 64.3 Å². The Morgan fingerprint density at radius 3 is 2.59 bits per heavy atom. The first-order valence-electron chi connectivity index (χ1n) is 10.5. The number of hydrogen-bond donors (Lipinski definition) is 1. The Morgan fingerprint density at radius 2 is 1.91 bits per heavy atom. The van der Waals surface area contributed by atoms with E-state index < -0.39 is 5.92 Å². The molecule has 1 saturated heterocycles. The molecule has 2 aromatic carbocycles. The summed E-state index contributed by atoms with van der Waals surface area (Å²) in [4.78, 5) is 28.0. The fourth-order valence-electron chi connectivity index (χ4n) is 4.04. The van der Waals surface area contributed by atoms with Gasteiger partial charge in [-0.15, -0.1) is 0 Å². The molecule has 0 radical (unpaired) electrons. The van der Waals surface area contributed by atoms with Gasteiger partial charge in [-0.25, -0.2) is 0 Å². The molecule has 172 valence electrons. The summed E-state index contributed by atoms with van der Waals surface area (Å²) in [7, 11) is 4.81. The number of halogens is 1. The lowest BCUT2D eigenvalue weighted by Crippen LogP contribution is -2.36. The average molecular weight is 461 g/mol. The molecule has 2 amide bonds. The summed E-state index contributed by atoms with van der Waals surface area (Å²) in [5.41, 5.74) is 1.33. The van der Waals surface area contributed by atoms with Crippen LogP contribution in [0.5, 0.6) is 11.5 Å². The Kier molecular flexibility index (Phi) is 8.36. The van der Waals surface area contributed by atoms with Gasteiger partial charge in [0.05, 0.1) is 20.1 Å². The number of nitrogens with one attached hydrogen (secondary N) is 1. The predicted octanol–water partition coefficient (Wildman–Crippen LogP) is 3.37. The van der Waals surface area contributed by atoms with Crippen molar-refractivity contribution in [3.8, 4) is 11.5 Å². The zero-order valence-corrected chi connectivity index (χ0v) is 19.4. The summed E-state index contributed by atoms with van der Waals surface area (Å²) in [6, 6.07) is 12.4. The number of methoxy groups -OCH3 is 3. The lowest BCUT2D eigenvalue weighted by atomic mass is 9.87. The summed E-state index contributed by atoms with van der Waals surface area (Å²) in [5.74, 6) is 0.392. The fraction of sp³-hybridized carbons (Fsp3) is 0.417. The van der Waals surface area contributed by atoms with E-state index in [-0.39, 0.29) is 17.7 Å². The number of nitrogens with zero attached hydrogens (tertiary/aromatic N) is 1. The number of amides is 2. The highest BCUT2D eigenvalue weighted by Gasteiger charge is 2.41. The molecular formula is C24H29ClN2O5. The van der Waals surface area contributed by atoms with Crippen molar-refractivity contribution in [2.24, 2.45) is 5.92 Å². The maximum Gasteiger partial charge on any atom is 0.253 e. The zero-order chi connectivity index (χ0) is 23.1. The molecule has 0 saturated carbocycles. The zero-order valence-electron chi connectivity index (χ0n) is 18.6. The number of ether oxygens (including phenoxy) is 3. The smallest absolute Gasteiger partial charge is 0.253 e. The van der Waals surface area contributed by atoms with Gasteiger partial charge in [-0.05, 0) is 42.8 Å². The molecule has 2 aromatic rings. The molecular weight excluding hydrogens is 432 g/mol. The minimum Gasteiger partial charge on any atom is -0.497 e. The molecule has 32 heavy (non-hydrogen) atoms. The molecule has 7 nitrogen and oxygen atoms in total. The fourth-order valence-corrected chi connectivity index (χ4v) is 4.23. The summed E-state index contributed by atoms with van der Waals surface area (Å²) < 4.78 is 16.0. The second-order valence-corrected chi connectivity index (χ2v) is 8.12. The third-order valence-electron chi connectivity index (χ3n) is 5.68. The molecule has 0 bridgehead atoms. The van der Waals surface area contributed by atoms with E-state index in [1.807, 2.05) is 18.2 Å². The van der Waals surface area contributed by atoms with Crippen molar-refractivity contribution in [2.75, 3.05) is 47.6 Å². The summed E-state index contributed by atoms with van der Waals surface area (Å²) >= 11 is 6.08. The van der Waals surface area contributed by atoms with Crippen molar-refractivity contribution in [1.82, 2.24) is 10.2 Å². The Bertz CT molecular complexity index is 952. The first-order valence-corrected chi connectivity index (χ1v) is 10.9. The average Bonchev–Trinajstić information content (AvgIpc) is 3.26. The van der Waals surface area contributed by atoms with Crippen LogP contribution in [0.3, 0.4) is 0 Å². The van der Waals surface area contributed by atoms with Gasteiger partial charge in [0.1, 0.15) is 11.5 Å². The topological polar surface area (TPSA) is 77.1 Å². The molecule has 8 heteroatoms. The number of carbonyl (C=O) groups excluding carboxylic acids is 2. The van der Waals surface area contributed by atoms with Gasteiger partial charge in [0, 0.05) is 55.4 Å². The molecule has 0 spiro atoms. The van der Waals surface area contributed by atoms with Gasteiger partial charge < -0.3 is 24.4 Å². The van der Waals surface area contributed by atoms with Crippen LogP contribution in [-0.2, 0) is 9.53 Å². The van der Waals surface area contributed by atoms with Crippen LogP contribution < -0.4 is 14.8 Å². The molecule has 0 aliphatic carbocycles. The molecule has 3 rings (SSSR count). The van der Waals surface area contributed by atoms with E-state index in [0.717, 1.165) is 5.56 Å². The Morgan fingerprint density at radius 1 is 1.09 bits per heavy atom. The van der Waals surface area contributed by atoms with Crippen molar-refractivity contribution in [2.45, 2.75) is 12.3 Å². The van der Waals surface area contributed by atoms with Crippen LogP contribution in [0, 0.1) is 5.92 Å². The second-order valence-electron chi connectivity index (χ2n) is 7.68. The van der Waals surface area contributed by atoms with Gasteiger partial charge in [0.2, 0.25) is 5.91 Å². The first-order chi connectivity index (χ1) is 15.5. The van der Waals surface area contributed by atoms with Gasteiger partial charge in [-0.1, -0.05) is 17.7 Å². The molecule has 1 fully saturated rings. The molecule has 0 aromatic heterocycles. The SMILES string of the molecule is COCCCNC(=O)[C@H]1CN(C(=O)c2cccc(Cl)c2)C[C@@H]1c1cc(OC)ccc1OC. The van der Waals surface area contributed by atoms with E-state index in [2.05, 4.69) is 5.32 Å². The van der Waals surface area contributed by atoms with Crippen LogP contribution in [0.25, 0.3) is 0 Å². The van der Waals surface area contributed by atoms with Crippen LogP contribution in [0.2, 0.25) is 5.02 Å². The summed E-state index contributed by atoms with van der Waals surface area (Å²) in [6.45, 7) is 1.75. The van der Waals surface area contributed by atoms with E-state index in [4.69, 9.17) is 25.8 Å². The van der Waals surface area contributed by atoms with Crippen LogP contribution in [0.1, 0.15) is 28.3 Å². The third kappa shape index (κ3) is 5.53. The van der Waals surface area contributed by atoms with E-state index in [0.29, 0.717) is 54.7 Å². The van der Waals surface area contributed by atoms with Crippen LogP contribution in [0.4, 0.5) is 0 Å². The third-order valence-corrected chi connectivity index (χ3v) is 5.91. The standard InChI is InChI=1S/C24H29ClN2O5/c1-30-11-5-10-26-23(28)21-15-27(24(29)16-6-4-7-17(25)12-16)14-20(21)19-13-18(31-2)8-9-22(19)32-3/h4,6-9,12-13,20-21H,5,10-11,14-15H2,1-3H3,(H,26,28)/t20-,21+/m1/s1. The van der Waals surface area contributed by atoms with Crippen LogP contribution in [0.15, 0.2) is 42.5 Å². The van der Waals surface area contributed by atoms with Gasteiger partial charge in [0.25, 0.3) is 5.91 Å². The molecule has 1 aliphatic heterocycles. The minimum absolute atomic E-state index is 0.0997. The van der Waals surface area contributed by atoms with Gasteiger partial charge >= 0.3 is 0 Å². The Labute approximate surface area is 193 Å². The van der Waals surface area contributed by atoms with Crippen molar-refractivity contribution < 1.29 is 23.8 Å². The second kappa shape index (κ2) is 11.2. The number of likely N-dealkylation sites (tertiary alicyclic amines) is 1. The van der Waals surface area contributed by atoms with Crippen molar-refractivity contribution in [1.29, 1.82) is 0 Å². The van der Waals surface area contributed by atoms with E-state index >= 15 is 0 Å². The molecule has 1 heterocycles. The molecule has 1 aliphatic rings. The number of rotatable bonds is 9. The number of hydrogen-bond acceptors (Lipinski definition) is 5. The van der Waals surface area contributed by atoms with Gasteiger partial charge in [-0.3, -0.25) is 9.59 Å². The van der Waals surface area contributed by atoms with Crippen LogP contribution >= 0.6 is 11.6 Å². The molecule has 1 N–H and O–H groups in total. The Hall–Kier alpha value is -2.77. The van der Waals surface area contributed by atoms with Crippen molar-refractivity contribution in [3.63, 3.8) is 0 Å². The normalized spacial score (nSPS) is 17.8. The highest BCUT2D eigenvalue weighted by atomic mass is 35.5. The highest BCUT2D eigenvalue weighted by molar-refractivity contribution is 6.30. The largest absolute Gasteiger partial charge is 0.497 e. The molecule has 0 unspecified atom stereocenters. The lowest BCUT2D eigenvalue weighted by molar-refractivity contribution is -0.125. The minimum atomic E-state index is -0.429. The number of carbonyl (C=O) groups is 2. The first kappa shape index (κ1) is 23.9. The predicted molar refractivity (Wildman–Crippen MR) is 123 cm³/mol. The maximum atomic E-state index is 13.2. The number of benzene rings is 2. The molecule has 2 atom stereocenters. The highest BCUT2D eigenvalue weighted by Crippen LogP contribution is 2.40. The van der Waals surface area contributed by atoms with Gasteiger partial charge in [-0.2, -0.15) is 0 Å². The quantitative estimate of drug-likeness (QED) is 0.580. The van der Waals surface area contributed by atoms with Crippen molar-refractivity contribution >= 4 is 23.4 Å². The Balaban J connectivity index is 1.89. The van der Waals surface area contributed by atoms with E-state index in [9.17, 15) is 9.59 Å². The summed E-state index contributed by atoms with van der Waals surface area (Å²) in [5, 5.41) is 3.48. The van der Waals surface area contributed by atoms with Crippen molar-refractivity contribution in [3.05, 3.63) is 58.6 Å². The maximum absolute atomic E-state index is 13.2. The monoisotopic (exact) mass is 460 g/mol. The van der Waals surface area contributed by atoms with E-state index in [1.165, 1.54) is 0 Å². The van der Waals surface area contributed by atoms with E-state index in [1.54, 1.807) is 50.5 Å². The summed E-state index contributed by atoms with van der Waals surface area (Å²) in [6.07, 6.45) is 0.716. The lowest BCUT2D eigenvalue weighted by Gasteiger charge is -2.21. The van der Waals surface area contributed by atoms with Gasteiger partial charge in [0.15, 0.2) is 0 Å².